The first-order valence-electron chi connectivity index (χ1n) is 10.8. The number of likely N-dealkylation sites (tertiary alicyclic amines) is 2. The van der Waals surface area contributed by atoms with Crippen molar-refractivity contribution in [1.82, 2.24) is 19.0 Å². The van der Waals surface area contributed by atoms with Gasteiger partial charge >= 0.3 is 6.03 Å². The molecule has 0 aliphatic carbocycles. The molecule has 4 rings (SSSR count). The third-order valence-electron chi connectivity index (χ3n) is 7.56. The molecule has 3 aliphatic rings. The number of urea groups is 1. The molecule has 9 heteroatoms. The van der Waals surface area contributed by atoms with Crippen LogP contribution in [0.4, 0.5) is 4.79 Å². The number of carbonyl (C=O) groups excluding carboxylic acids is 2. The van der Waals surface area contributed by atoms with Crippen LogP contribution in [0.2, 0.25) is 0 Å². The first kappa shape index (κ1) is 22.1. The highest BCUT2D eigenvalue weighted by Gasteiger charge is 2.65. The van der Waals surface area contributed by atoms with Gasteiger partial charge in [-0.3, -0.25) is 4.79 Å². The maximum Gasteiger partial charge on any atom is 0.319 e. The Labute approximate surface area is 184 Å². The van der Waals surface area contributed by atoms with Gasteiger partial charge in [0.2, 0.25) is 15.9 Å². The fourth-order valence-corrected chi connectivity index (χ4v) is 7.32. The molecule has 0 saturated carbocycles. The molecule has 0 aromatic heterocycles. The standard InChI is InChI=1S/C22H32N4O4S/c1-17-6-5-7-18(14-17)31(29,30)26-12-8-21(9-13-26)15-25(20(28)23(2)3)16-22(21)10-11-24(4)19(22)27/h5-7,14H,8-13,15-16H2,1-4H3. The minimum absolute atomic E-state index is 0.0894. The second-order valence-corrected chi connectivity index (χ2v) is 11.5. The van der Waals surface area contributed by atoms with E-state index in [4.69, 9.17) is 0 Å². The molecule has 3 fully saturated rings. The number of carbonyl (C=O) groups is 2. The van der Waals surface area contributed by atoms with Gasteiger partial charge in [-0.05, 0) is 43.9 Å². The first-order valence-corrected chi connectivity index (χ1v) is 12.3. The topological polar surface area (TPSA) is 81.2 Å². The molecular weight excluding hydrogens is 416 g/mol. The van der Waals surface area contributed by atoms with Gasteiger partial charge in [0.05, 0.1) is 10.3 Å². The van der Waals surface area contributed by atoms with Crippen LogP contribution in [0.5, 0.6) is 0 Å². The monoisotopic (exact) mass is 448 g/mol. The van der Waals surface area contributed by atoms with Gasteiger partial charge in [-0.2, -0.15) is 4.31 Å². The Kier molecular flexibility index (Phi) is 5.33. The number of amides is 3. The van der Waals surface area contributed by atoms with Crippen LogP contribution in [-0.4, -0.2) is 93.2 Å². The van der Waals surface area contributed by atoms with Crippen molar-refractivity contribution in [2.45, 2.75) is 31.1 Å². The number of nitrogens with zero attached hydrogens (tertiary/aromatic N) is 4. The minimum atomic E-state index is -3.58. The van der Waals surface area contributed by atoms with Crippen molar-refractivity contribution < 1.29 is 18.0 Å². The van der Waals surface area contributed by atoms with E-state index in [1.54, 1.807) is 51.3 Å². The molecule has 1 atom stereocenters. The van der Waals surface area contributed by atoms with Crippen LogP contribution in [0.15, 0.2) is 29.2 Å². The van der Waals surface area contributed by atoms with E-state index >= 15 is 0 Å². The normalized spacial score (nSPS) is 26.3. The Bertz CT molecular complexity index is 1000. The van der Waals surface area contributed by atoms with Crippen LogP contribution in [0.3, 0.4) is 0 Å². The SMILES string of the molecule is Cc1cccc(S(=O)(=O)N2CCC3(CC2)CN(C(=O)N(C)C)CC32CCN(C)C2=O)c1. The molecule has 31 heavy (non-hydrogen) atoms. The number of sulfonamides is 1. The second kappa shape index (κ2) is 7.48. The van der Waals surface area contributed by atoms with Gasteiger partial charge in [-0.1, -0.05) is 12.1 Å². The van der Waals surface area contributed by atoms with Crippen molar-refractivity contribution in [3.05, 3.63) is 29.8 Å². The first-order chi connectivity index (χ1) is 14.5. The number of aryl methyl sites for hydroxylation is 1. The van der Waals surface area contributed by atoms with Gasteiger partial charge in [0.1, 0.15) is 0 Å². The van der Waals surface area contributed by atoms with E-state index < -0.39 is 15.4 Å². The van der Waals surface area contributed by atoms with E-state index in [2.05, 4.69) is 0 Å². The third kappa shape index (κ3) is 3.33. The lowest BCUT2D eigenvalue weighted by atomic mass is 9.60. The third-order valence-corrected chi connectivity index (χ3v) is 9.45. The van der Waals surface area contributed by atoms with E-state index in [0.717, 1.165) is 5.56 Å². The zero-order chi connectivity index (χ0) is 22.6. The lowest BCUT2D eigenvalue weighted by Gasteiger charge is -2.46. The Morgan fingerprint density at radius 1 is 1.06 bits per heavy atom. The maximum absolute atomic E-state index is 13.3. The summed E-state index contributed by atoms with van der Waals surface area (Å²) in [7, 11) is 1.68. The average molecular weight is 449 g/mol. The Morgan fingerprint density at radius 3 is 2.29 bits per heavy atom. The van der Waals surface area contributed by atoms with Crippen molar-refractivity contribution in [3.63, 3.8) is 0 Å². The molecule has 3 heterocycles. The van der Waals surface area contributed by atoms with Crippen molar-refractivity contribution in [1.29, 1.82) is 0 Å². The van der Waals surface area contributed by atoms with Crippen LogP contribution < -0.4 is 0 Å². The van der Waals surface area contributed by atoms with Gasteiger partial charge < -0.3 is 14.7 Å². The summed E-state index contributed by atoms with van der Waals surface area (Å²) in [6, 6.07) is 6.89. The van der Waals surface area contributed by atoms with Crippen LogP contribution in [-0.2, 0) is 14.8 Å². The zero-order valence-electron chi connectivity index (χ0n) is 18.8. The highest BCUT2D eigenvalue weighted by molar-refractivity contribution is 7.89. The molecular formula is C22H32N4O4S. The van der Waals surface area contributed by atoms with E-state index in [1.807, 2.05) is 20.0 Å². The summed E-state index contributed by atoms with van der Waals surface area (Å²) in [5, 5.41) is 0. The van der Waals surface area contributed by atoms with Crippen molar-refractivity contribution in [2.75, 3.05) is 53.9 Å². The smallest absolute Gasteiger partial charge is 0.319 e. The van der Waals surface area contributed by atoms with Crippen molar-refractivity contribution in [3.8, 4) is 0 Å². The van der Waals surface area contributed by atoms with E-state index in [1.165, 1.54) is 0 Å². The van der Waals surface area contributed by atoms with Gasteiger partial charge in [0, 0.05) is 59.3 Å². The lowest BCUT2D eigenvalue weighted by molar-refractivity contribution is -0.140. The molecule has 3 saturated heterocycles. The minimum Gasteiger partial charge on any atom is -0.345 e. The van der Waals surface area contributed by atoms with Crippen LogP contribution in [0.25, 0.3) is 0 Å². The summed E-state index contributed by atoms with van der Waals surface area (Å²) < 4.78 is 28.0. The van der Waals surface area contributed by atoms with Gasteiger partial charge in [0.15, 0.2) is 0 Å². The molecule has 1 aromatic rings. The summed E-state index contributed by atoms with van der Waals surface area (Å²) in [6.07, 6.45) is 1.87. The lowest BCUT2D eigenvalue weighted by Crippen LogP contribution is -2.53. The predicted molar refractivity (Wildman–Crippen MR) is 117 cm³/mol. The van der Waals surface area contributed by atoms with Gasteiger partial charge in [0.25, 0.3) is 0 Å². The molecule has 0 bridgehead atoms. The second-order valence-electron chi connectivity index (χ2n) is 9.59. The largest absolute Gasteiger partial charge is 0.345 e. The number of piperidine rings is 1. The van der Waals surface area contributed by atoms with Gasteiger partial charge in [-0.25, -0.2) is 13.2 Å². The van der Waals surface area contributed by atoms with E-state index in [0.29, 0.717) is 56.9 Å². The van der Waals surface area contributed by atoms with Gasteiger partial charge in [-0.15, -0.1) is 0 Å². The summed E-state index contributed by atoms with van der Waals surface area (Å²) in [6.45, 7) is 4.19. The fourth-order valence-electron chi connectivity index (χ4n) is 5.77. The van der Waals surface area contributed by atoms with E-state index in [-0.39, 0.29) is 17.4 Å². The summed E-state index contributed by atoms with van der Waals surface area (Å²) in [5.41, 5.74) is -0.104. The summed E-state index contributed by atoms with van der Waals surface area (Å²) >= 11 is 0. The number of fused-ring (bicyclic) bond motifs is 1. The summed E-state index contributed by atoms with van der Waals surface area (Å²) in [5.74, 6) is 0.0940. The highest BCUT2D eigenvalue weighted by Crippen LogP contribution is 2.58. The molecule has 1 aromatic carbocycles. The molecule has 0 N–H and O–H groups in total. The Morgan fingerprint density at radius 2 is 1.74 bits per heavy atom. The summed E-state index contributed by atoms with van der Waals surface area (Å²) in [4.78, 5) is 31.5. The maximum atomic E-state index is 13.3. The fraction of sp³-hybridized carbons (Fsp3) is 0.636. The van der Waals surface area contributed by atoms with Crippen LogP contribution in [0, 0.1) is 17.8 Å². The number of rotatable bonds is 2. The Balaban J connectivity index is 1.62. The molecule has 2 spiro atoms. The molecule has 3 amide bonds. The van der Waals surface area contributed by atoms with Crippen LogP contribution >= 0.6 is 0 Å². The molecule has 0 radical (unpaired) electrons. The zero-order valence-corrected chi connectivity index (χ0v) is 19.6. The van der Waals surface area contributed by atoms with E-state index in [9.17, 15) is 18.0 Å². The number of hydrogen-bond acceptors (Lipinski definition) is 4. The predicted octanol–water partition coefficient (Wildman–Crippen LogP) is 1.61. The Hall–Kier alpha value is -2.13. The quantitative estimate of drug-likeness (QED) is 0.688. The van der Waals surface area contributed by atoms with Crippen LogP contribution in [0.1, 0.15) is 24.8 Å². The number of benzene rings is 1. The van der Waals surface area contributed by atoms with Crippen molar-refractivity contribution >= 4 is 22.0 Å². The number of hydrogen-bond donors (Lipinski definition) is 0. The highest BCUT2D eigenvalue weighted by atomic mass is 32.2. The molecule has 3 aliphatic heterocycles. The molecule has 8 nitrogen and oxygen atoms in total. The van der Waals surface area contributed by atoms with Crippen molar-refractivity contribution in [2.24, 2.45) is 10.8 Å². The molecule has 170 valence electrons. The average Bonchev–Trinajstić information content (AvgIpc) is 3.20. The molecule has 1 unspecified atom stereocenters.